The van der Waals surface area contributed by atoms with E-state index in [1.54, 1.807) is 0 Å². The molecule has 2 saturated heterocycles. The van der Waals surface area contributed by atoms with Crippen LogP contribution in [0.3, 0.4) is 0 Å². The monoisotopic (exact) mass is 148 g/mol. The van der Waals surface area contributed by atoms with Crippen LogP contribution in [0, 0.1) is 5.89 Å². The van der Waals surface area contributed by atoms with E-state index in [2.05, 4.69) is 0 Å². The highest BCUT2D eigenvalue weighted by molar-refractivity contribution is 4.92. The van der Waals surface area contributed by atoms with Crippen LogP contribution in [0.5, 0.6) is 0 Å². The quantitative estimate of drug-likeness (QED) is 0.530. The van der Waals surface area contributed by atoms with Crippen molar-refractivity contribution in [1.29, 1.82) is 0 Å². The van der Waals surface area contributed by atoms with Crippen LogP contribution in [-0.2, 0) is 9.47 Å². The van der Waals surface area contributed by atoms with Crippen molar-refractivity contribution in [1.82, 2.24) is 0 Å². The van der Waals surface area contributed by atoms with Crippen LogP contribution in [0.4, 0.5) is 0 Å². The lowest BCUT2D eigenvalue weighted by molar-refractivity contribution is -0.0911. The molecule has 0 aromatic rings. The highest BCUT2D eigenvalue weighted by Crippen LogP contribution is 2.37. The van der Waals surface area contributed by atoms with Crippen LogP contribution < -0.4 is 0 Å². The molecule has 3 heteroatoms. The minimum Gasteiger partial charge on any atom is -0.387 e. The summed E-state index contributed by atoms with van der Waals surface area (Å²) in [4.78, 5) is 0. The van der Waals surface area contributed by atoms with Crippen molar-refractivity contribution in [3.8, 4) is 0 Å². The molecule has 2 aliphatic heterocycles. The molecule has 2 aliphatic rings. The highest BCUT2D eigenvalue weighted by atomic mass is 16.7. The van der Waals surface area contributed by atoms with Gasteiger partial charge in [-0.3, -0.25) is 0 Å². The van der Waals surface area contributed by atoms with E-state index in [1.807, 2.05) is 0 Å². The van der Waals surface area contributed by atoms with Gasteiger partial charge in [-0.1, -0.05) is 0 Å². The number of aliphatic hydroxyl groups is 1. The summed E-state index contributed by atoms with van der Waals surface area (Å²) in [5, 5.41) is 9.93. The zero-order chi connectivity index (χ0) is 10.8. The van der Waals surface area contributed by atoms with Gasteiger partial charge in [-0.05, 0) is 13.3 Å². The Morgan fingerprint density at radius 3 is 3.30 bits per heavy atom. The maximum Gasteiger partial charge on any atom is 0.163 e. The minimum absolute atomic E-state index is 0.0863. The highest BCUT2D eigenvalue weighted by Gasteiger charge is 2.48. The van der Waals surface area contributed by atoms with Gasteiger partial charge in [-0.2, -0.15) is 0 Å². The molecular formula is C7H12O3. The van der Waals surface area contributed by atoms with E-state index < -0.39 is 24.3 Å². The second-order valence-electron chi connectivity index (χ2n) is 2.64. The summed E-state index contributed by atoms with van der Waals surface area (Å²) in [6.45, 7) is -1.14. The van der Waals surface area contributed by atoms with E-state index in [1.165, 1.54) is 6.92 Å². The van der Waals surface area contributed by atoms with Gasteiger partial charge >= 0.3 is 0 Å². The van der Waals surface area contributed by atoms with E-state index in [-0.39, 0.29) is 13.0 Å². The van der Waals surface area contributed by atoms with E-state index in [9.17, 15) is 5.11 Å². The third kappa shape index (κ3) is 0.779. The molecular weight excluding hydrogens is 132 g/mol. The van der Waals surface area contributed by atoms with Gasteiger partial charge in [-0.25, -0.2) is 0 Å². The van der Waals surface area contributed by atoms with Crippen molar-refractivity contribution < 1.29 is 20.1 Å². The fourth-order valence-electron chi connectivity index (χ4n) is 1.18. The van der Waals surface area contributed by atoms with Crippen LogP contribution >= 0.6 is 0 Å². The maximum atomic E-state index is 9.93. The molecule has 0 aromatic carbocycles. The average Bonchev–Trinajstić information content (AvgIpc) is 2.31. The zero-order valence-corrected chi connectivity index (χ0v) is 5.68. The first-order valence-electron chi connectivity index (χ1n) is 5.23. The lowest BCUT2D eigenvalue weighted by Gasteiger charge is -2.19. The predicted molar refractivity (Wildman–Crippen MR) is 34.4 cm³/mol. The largest absolute Gasteiger partial charge is 0.387 e. The molecule has 0 spiro atoms. The third-order valence-corrected chi connectivity index (χ3v) is 1.76. The Hall–Kier alpha value is -0.120. The summed E-state index contributed by atoms with van der Waals surface area (Å²) < 4.78 is 40.0. The lowest BCUT2D eigenvalue weighted by Crippen LogP contribution is -2.33. The number of hydrogen-bond acceptors (Lipinski definition) is 3. The Morgan fingerprint density at radius 2 is 2.60 bits per heavy atom. The molecule has 0 aliphatic carbocycles. The van der Waals surface area contributed by atoms with Crippen LogP contribution in [-0.4, -0.2) is 30.1 Å². The third-order valence-electron chi connectivity index (χ3n) is 1.76. The van der Waals surface area contributed by atoms with Gasteiger partial charge in [0.15, 0.2) is 6.27 Å². The number of rotatable bonds is 0. The Morgan fingerprint density at radius 1 is 1.80 bits per heavy atom. The Labute approximate surface area is 65.6 Å². The fraction of sp³-hybridized carbons (Fsp3) is 1.00. The van der Waals surface area contributed by atoms with Crippen molar-refractivity contribution in [2.75, 3.05) is 13.2 Å². The standard InChI is InChI=1S/C7H12O3/c1-7(8)4-10-6-5(7)2-3-9-6/h5-6,8H,2-4H2,1H3/t5-,6-,7+/m1/s1/i4D2,5D,6D. The van der Waals surface area contributed by atoms with Crippen molar-refractivity contribution in [3.63, 3.8) is 0 Å². The summed E-state index contributed by atoms with van der Waals surface area (Å²) in [7, 11) is 0. The lowest BCUT2D eigenvalue weighted by atomic mass is 9.91. The SMILES string of the molecule is [2H]C1([2H])O[C@@]2([2H])OCC[C@@]2([2H])[C@@]1(C)O. The first kappa shape index (κ1) is 3.52. The molecule has 10 heavy (non-hydrogen) atoms. The van der Waals surface area contributed by atoms with E-state index in [0.29, 0.717) is 0 Å². The molecule has 0 bridgehead atoms. The second-order valence-corrected chi connectivity index (χ2v) is 2.64. The molecule has 3 atom stereocenters. The van der Waals surface area contributed by atoms with E-state index >= 15 is 0 Å². The van der Waals surface area contributed by atoms with Crippen molar-refractivity contribution in [2.24, 2.45) is 5.89 Å². The van der Waals surface area contributed by atoms with Gasteiger partial charge in [0.2, 0.25) is 0 Å². The maximum absolute atomic E-state index is 9.93. The molecule has 1 N–H and O–H groups in total. The molecule has 0 saturated carbocycles. The van der Waals surface area contributed by atoms with Gasteiger partial charge < -0.3 is 14.6 Å². The van der Waals surface area contributed by atoms with Crippen LogP contribution in [0.25, 0.3) is 0 Å². The normalized spacial score (nSPS) is 79.0. The van der Waals surface area contributed by atoms with Gasteiger partial charge in [0.05, 0.1) is 22.9 Å². The van der Waals surface area contributed by atoms with Crippen molar-refractivity contribution in [2.45, 2.75) is 25.2 Å². The molecule has 0 unspecified atom stereocenters. The van der Waals surface area contributed by atoms with Crippen molar-refractivity contribution >= 4 is 0 Å². The smallest absolute Gasteiger partial charge is 0.163 e. The van der Waals surface area contributed by atoms with E-state index in [4.69, 9.17) is 15.0 Å². The summed E-state index contributed by atoms with van der Waals surface area (Å²) >= 11 is 0. The summed E-state index contributed by atoms with van der Waals surface area (Å²) in [6.07, 6.45) is -2.01. The Kier molecular flexibility index (Phi) is 0.681. The van der Waals surface area contributed by atoms with Gasteiger partial charge in [0.1, 0.15) is 0 Å². The first-order chi connectivity index (χ1) is 6.16. The Bertz CT molecular complexity index is 282. The van der Waals surface area contributed by atoms with Crippen LogP contribution in [0.2, 0.25) is 0 Å². The van der Waals surface area contributed by atoms with E-state index in [0.717, 1.165) is 0 Å². The summed E-state index contributed by atoms with van der Waals surface area (Å²) in [5.74, 6) is -1.77. The van der Waals surface area contributed by atoms with Gasteiger partial charge in [0, 0.05) is 7.26 Å². The minimum atomic E-state index is -2.43. The molecule has 0 amide bonds. The average molecular weight is 148 g/mol. The van der Waals surface area contributed by atoms with Crippen LogP contribution in [0.1, 0.15) is 18.8 Å². The molecule has 2 rings (SSSR count). The molecule has 58 valence electrons. The topological polar surface area (TPSA) is 38.7 Å². The first-order valence-corrected chi connectivity index (χ1v) is 3.23. The number of hydrogen-bond donors (Lipinski definition) is 1. The molecule has 2 heterocycles. The molecule has 2 fully saturated rings. The number of ether oxygens (including phenoxy) is 2. The van der Waals surface area contributed by atoms with Gasteiger partial charge in [-0.15, -0.1) is 0 Å². The molecule has 3 nitrogen and oxygen atoms in total. The molecule has 0 aromatic heterocycles. The van der Waals surface area contributed by atoms with Gasteiger partial charge in [0.25, 0.3) is 0 Å². The fourth-order valence-corrected chi connectivity index (χ4v) is 1.18. The Balaban J connectivity index is 2.52. The van der Waals surface area contributed by atoms with Crippen molar-refractivity contribution in [3.05, 3.63) is 0 Å². The number of fused-ring (bicyclic) bond motifs is 1. The second kappa shape index (κ2) is 1.94. The van der Waals surface area contributed by atoms with Crippen LogP contribution in [0.15, 0.2) is 0 Å². The molecule has 0 radical (unpaired) electrons. The predicted octanol–water partition coefficient (Wildman–Crippen LogP) is 0.130. The summed E-state index contributed by atoms with van der Waals surface area (Å²) in [6, 6.07) is 0. The zero-order valence-electron chi connectivity index (χ0n) is 9.68. The summed E-state index contributed by atoms with van der Waals surface area (Å²) in [5.41, 5.74) is -2.04.